The van der Waals surface area contributed by atoms with E-state index in [9.17, 15) is 14.7 Å². The Morgan fingerprint density at radius 2 is 1.81 bits per heavy atom. The molecule has 0 saturated heterocycles. The molecule has 0 saturated carbocycles. The number of aliphatic hydroxyl groups excluding tert-OH is 1. The summed E-state index contributed by atoms with van der Waals surface area (Å²) in [5.41, 5.74) is 1.03. The van der Waals surface area contributed by atoms with Crippen LogP contribution in [0, 0.1) is 5.41 Å². The summed E-state index contributed by atoms with van der Waals surface area (Å²) in [5, 5.41) is 14.9. The lowest BCUT2D eigenvalue weighted by Gasteiger charge is -2.26. The van der Waals surface area contributed by atoms with E-state index >= 15 is 0 Å². The zero-order chi connectivity index (χ0) is 16.0. The monoisotopic (exact) mass is 292 g/mol. The molecule has 1 aromatic rings. The van der Waals surface area contributed by atoms with Gasteiger partial charge in [-0.05, 0) is 43.0 Å². The van der Waals surface area contributed by atoms with Gasteiger partial charge in [0.05, 0.1) is 6.10 Å². The summed E-state index contributed by atoms with van der Waals surface area (Å²) < 4.78 is 0. The maximum absolute atomic E-state index is 12.0. The second-order valence-corrected chi connectivity index (χ2v) is 6.16. The number of rotatable bonds is 6. The molecule has 1 atom stereocenters. The van der Waals surface area contributed by atoms with Crippen molar-refractivity contribution in [1.82, 2.24) is 5.32 Å². The molecule has 0 aliphatic heterocycles. The third-order valence-electron chi connectivity index (χ3n) is 3.04. The molecule has 5 nitrogen and oxygen atoms in total. The fraction of sp³-hybridized carbons (Fsp3) is 0.500. The minimum Gasteiger partial charge on any atom is -0.393 e. The predicted octanol–water partition coefficient (Wildman–Crippen LogP) is 2.17. The van der Waals surface area contributed by atoms with Gasteiger partial charge in [-0.25, -0.2) is 0 Å². The van der Waals surface area contributed by atoms with Crippen molar-refractivity contribution in [3.05, 3.63) is 29.8 Å². The molecule has 0 aromatic heterocycles. The van der Waals surface area contributed by atoms with Gasteiger partial charge in [0, 0.05) is 24.7 Å². The van der Waals surface area contributed by atoms with Crippen molar-refractivity contribution in [2.24, 2.45) is 5.41 Å². The first kappa shape index (κ1) is 17.2. The minimum absolute atomic E-state index is 0.146. The van der Waals surface area contributed by atoms with Gasteiger partial charge in [0.2, 0.25) is 5.91 Å². The number of carbonyl (C=O) groups excluding carboxylic acids is 2. The first-order chi connectivity index (χ1) is 9.69. The molecule has 0 aliphatic carbocycles. The summed E-state index contributed by atoms with van der Waals surface area (Å²) in [6.07, 6.45) is 0.225. The Bertz CT molecular complexity index is 493. The summed E-state index contributed by atoms with van der Waals surface area (Å²) >= 11 is 0. The van der Waals surface area contributed by atoms with Crippen LogP contribution in [0.1, 0.15) is 44.5 Å². The van der Waals surface area contributed by atoms with E-state index in [0.717, 1.165) is 0 Å². The number of carbonyl (C=O) groups is 2. The molecule has 2 amide bonds. The Hall–Kier alpha value is -1.88. The van der Waals surface area contributed by atoms with Gasteiger partial charge >= 0.3 is 0 Å². The van der Waals surface area contributed by atoms with Crippen LogP contribution in [0.3, 0.4) is 0 Å². The predicted molar refractivity (Wildman–Crippen MR) is 83.2 cm³/mol. The van der Waals surface area contributed by atoms with Crippen LogP contribution in [0.4, 0.5) is 5.69 Å². The third-order valence-corrected chi connectivity index (χ3v) is 3.04. The number of aliphatic hydroxyl groups is 1. The van der Waals surface area contributed by atoms with Crippen LogP contribution in [0.5, 0.6) is 0 Å². The maximum atomic E-state index is 12.0. The standard InChI is InChI=1S/C16H24N2O3/c1-11(19)9-16(3,4)10-17-15(21)13-5-7-14(8-6-13)18-12(2)20/h5-8,11,19H,9-10H2,1-4H3,(H,17,21)(H,18,20). The van der Waals surface area contributed by atoms with Gasteiger partial charge < -0.3 is 15.7 Å². The Balaban J connectivity index is 2.58. The first-order valence-electron chi connectivity index (χ1n) is 7.03. The van der Waals surface area contributed by atoms with Gasteiger partial charge in [0.25, 0.3) is 5.91 Å². The van der Waals surface area contributed by atoms with Crippen molar-refractivity contribution in [3.63, 3.8) is 0 Å². The van der Waals surface area contributed by atoms with E-state index in [4.69, 9.17) is 0 Å². The van der Waals surface area contributed by atoms with Crippen molar-refractivity contribution < 1.29 is 14.7 Å². The lowest BCUT2D eigenvalue weighted by molar-refractivity contribution is -0.114. The quantitative estimate of drug-likeness (QED) is 0.752. The Kier molecular flexibility index (Phi) is 5.90. The number of benzene rings is 1. The topological polar surface area (TPSA) is 78.4 Å². The number of anilines is 1. The Morgan fingerprint density at radius 3 is 2.29 bits per heavy atom. The zero-order valence-corrected chi connectivity index (χ0v) is 13.1. The molecule has 0 aliphatic rings. The molecular formula is C16H24N2O3. The smallest absolute Gasteiger partial charge is 0.251 e. The molecule has 1 aromatic carbocycles. The fourth-order valence-electron chi connectivity index (χ4n) is 2.20. The average molecular weight is 292 g/mol. The molecule has 0 spiro atoms. The minimum atomic E-state index is -0.395. The molecule has 0 radical (unpaired) electrons. The SMILES string of the molecule is CC(=O)Nc1ccc(C(=O)NCC(C)(C)CC(C)O)cc1. The summed E-state index contributed by atoms with van der Waals surface area (Å²) in [7, 11) is 0. The van der Waals surface area contributed by atoms with Crippen LogP contribution in [0.25, 0.3) is 0 Å². The summed E-state index contributed by atoms with van der Waals surface area (Å²) in [6.45, 7) is 7.67. The second-order valence-electron chi connectivity index (χ2n) is 6.16. The number of hydrogen-bond donors (Lipinski definition) is 3. The zero-order valence-electron chi connectivity index (χ0n) is 13.1. The molecule has 1 rings (SSSR count). The molecule has 0 fully saturated rings. The van der Waals surface area contributed by atoms with E-state index < -0.39 is 6.10 Å². The summed E-state index contributed by atoms with van der Waals surface area (Å²) in [6, 6.07) is 6.72. The van der Waals surface area contributed by atoms with E-state index in [1.54, 1.807) is 31.2 Å². The highest BCUT2D eigenvalue weighted by molar-refractivity contribution is 5.95. The van der Waals surface area contributed by atoms with Crippen LogP contribution in [0.15, 0.2) is 24.3 Å². The number of hydrogen-bond acceptors (Lipinski definition) is 3. The van der Waals surface area contributed by atoms with E-state index in [2.05, 4.69) is 10.6 Å². The van der Waals surface area contributed by atoms with E-state index in [1.807, 2.05) is 13.8 Å². The fourth-order valence-corrected chi connectivity index (χ4v) is 2.20. The van der Waals surface area contributed by atoms with Crippen LogP contribution in [-0.2, 0) is 4.79 Å². The Labute approximate surface area is 125 Å². The van der Waals surface area contributed by atoms with Gasteiger partial charge in [-0.3, -0.25) is 9.59 Å². The van der Waals surface area contributed by atoms with Gasteiger partial charge in [-0.15, -0.1) is 0 Å². The summed E-state index contributed by atoms with van der Waals surface area (Å²) in [4.78, 5) is 23.0. The lowest BCUT2D eigenvalue weighted by Crippen LogP contribution is -2.35. The molecule has 0 heterocycles. The number of nitrogens with one attached hydrogen (secondary N) is 2. The third kappa shape index (κ3) is 6.40. The molecule has 0 bridgehead atoms. The largest absolute Gasteiger partial charge is 0.393 e. The van der Waals surface area contributed by atoms with Crippen LogP contribution in [-0.4, -0.2) is 29.6 Å². The van der Waals surface area contributed by atoms with Crippen molar-refractivity contribution in [2.45, 2.75) is 40.2 Å². The van der Waals surface area contributed by atoms with Crippen LogP contribution >= 0.6 is 0 Å². The molecular weight excluding hydrogens is 268 g/mol. The maximum Gasteiger partial charge on any atom is 0.251 e. The van der Waals surface area contributed by atoms with Gasteiger partial charge in [-0.1, -0.05) is 13.8 Å². The highest BCUT2D eigenvalue weighted by Crippen LogP contribution is 2.21. The van der Waals surface area contributed by atoms with E-state index in [1.165, 1.54) is 6.92 Å². The van der Waals surface area contributed by atoms with Crippen molar-refractivity contribution in [3.8, 4) is 0 Å². The molecule has 116 valence electrons. The molecule has 1 unspecified atom stereocenters. The lowest BCUT2D eigenvalue weighted by atomic mass is 9.87. The molecule has 21 heavy (non-hydrogen) atoms. The van der Waals surface area contributed by atoms with Crippen LogP contribution in [0.2, 0.25) is 0 Å². The van der Waals surface area contributed by atoms with Crippen LogP contribution < -0.4 is 10.6 Å². The van der Waals surface area contributed by atoms with E-state index in [0.29, 0.717) is 24.2 Å². The highest BCUT2D eigenvalue weighted by Gasteiger charge is 2.21. The van der Waals surface area contributed by atoms with Gasteiger partial charge in [-0.2, -0.15) is 0 Å². The average Bonchev–Trinajstić information content (AvgIpc) is 2.34. The highest BCUT2D eigenvalue weighted by atomic mass is 16.3. The second kappa shape index (κ2) is 7.22. The van der Waals surface area contributed by atoms with Gasteiger partial charge in [0.1, 0.15) is 0 Å². The first-order valence-corrected chi connectivity index (χ1v) is 7.03. The van der Waals surface area contributed by atoms with Crippen molar-refractivity contribution in [1.29, 1.82) is 0 Å². The van der Waals surface area contributed by atoms with Gasteiger partial charge in [0.15, 0.2) is 0 Å². The Morgan fingerprint density at radius 1 is 1.24 bits per heavy atom. The summed E-state index contributed by atoms with van der Waals surface area (Å²) in [5.74, 6) is -0.310. The number of amides is 2. The van der Waals surface area contributed by atoms with E-state index in [-0.39, 0.29) is 17.2 Å². The molecule has 3 N–H and O–H groups in total. The van der Waals surface area contributed by atoms with Crippen molar-refractivity contribution >= 4 is 17.5 Å². The molecule has 5 heteroatoms. The van der Waals surface area contributed by atoms with Crippen molar-refractivity contribution in [2.75, 3.05) is 11.9 Å². The normalized spacial score (nSPS) is 12.6.